The average molecular weight is 666 g/mol. The molecule has 0 radical (unpaired) electrons. The Kier molecular flexibility index (Phi) is 14.1. The number of carbonyl (C=O) groups excluding carboxylic acids is 1. The maximum absolute atomic E-state index is 14.5. The molecular formula is C39H63NO4Si2. The molecule has 2 aromatic rings. The summed E-state index contributed by atoms with van der Waals surface area (Å²) >= 11 is 0. The first-order valence-electron chi connectivity index (χ1n) is 17.7. The third kappa shape index (κ3) is 8.51. The molecule has 0 unspecified atom stereocenters. The lowest BCUT2D eigenvalue weighted by Gasteiger charge is -2.45. The summed E-state index contributed by atoms with van der Waals surface area (Å²) in [6, 6.07) is 20.1. The number of ether oxygens (including phenoxy) is 1. The monoisotopic (exact) mass is 665 g/mol. The van der Waals surface area contributed by atoms with Gasteiger partial charge in [0.15, 0.2) is 0 Å². The van der Waals surface area contributed by atoms with Gasteiger partial charge in [0.25, 0.3) is 5.91 Å². The van der Waals surface area contributed by atoms with E-state index in [1.165, 1.54) is 0 Å². The molecule has 0 aliphatic heterocycles. The maximum Gasteiger partial charge on any atom is 0.253 e. The highest BCUT2D eigenvalue weighted by Crippen LogP contribution is 2.46. The largest absolute Gasteiger partial charge is 0.409 e. The molecule has 7 heteroatoms. The maximum atomic E-state index is 14.5. The van der Waals surface area contributed by atoms with Crippen LogP contribution in [-0.4, -0.2) is 41.3 Å². The lowest BCUT2D eigenvalue weighted by molar-refractivity contribution is -0.130. The van der Waals surface area contributed by atoms with E-state index in [-0.39, 0.29) is 24.0 Å². The molecule has 1 aliphatic carbocycles. The van der Waals surface area contributed by atoms with Gasteiger partial charge in [-0.1, -0.05) is 156 Å². The lowest BCUT2D eigenvalue weighted by Crippen LogP contribution is -2.54. The van der Waals surface area contributed by atoms with Crippen LogP contribution in [0.15, 0.2) is 72.8 Å². The fraction of sp³-hybridized carbons (Fsp3) is 0.615. The first kappa shape index (κ1) is 38.4. The molecule has 0 heterocycles. The van der Waals surface area contributed by atoms with Crippen molar-refractivity contribution < 1.29 is 18.4 Å². The van der Waals surface area contributed by atoms with Crippen molar-refractivity contribution in [2.75, 3.05) is 6.61 Å². The van der Waals surface area contributed by atoms with Crippen molar-refractivity contribution in [1.29, 1.82) is 0 Å². The molecule has 0 aromatic heterocycles. The van der Waals surface area contributed by atoms with E-state index in [0.717, 1.165) is 11.1 Å². The van der Waals surface area contributed by atoms with Gasteiger partial charge in [0.05, 0.1) is 25.4 Å². The highest BCUT2D eigenvalue weighted by Gasteiger charge is 2.50. The van der Waals surface area contributed by atoms with Crippen LogP contribution in [0.4, 0.5) is 0 Å². The van der Waals surface area contributed by atoms with E-state index in [4.69, 9.17) is 13.6 Å². The van der Waals surface area contributed by atoms with Crippen LogP contribution in [0.2, 0.25) is 33.2 Å². The Labute approximate surface area is 283 Å². The zero-order valence-corrected chi connectivity index (χ0v) is 32.7. The smallest absolute Gasteiger partial charge is 0.253 e. The minimum Gasteiger partial charge on any atom is -0.409 e. The van der Waals surface area contributed by atoms with Gasteiger partial charge in [0.2, 0.25) is 16.6 Å². The molecule has 1 aliphatic rings. The number of hydrogen-bond donors (Lipinski definition) is 1. The van der Waals surface area contributed by atoms with Crippen LogP contribution in [0.3, 0.4) is 0 Å². The summed E-state index contributed by atoms with van der Waals surface area (Å²) in [7, 11) is -4.56. The molecule has 0 saturated heterocycles. The number of amides is 1. The van der Waals surface area contributed by atoms with E-state index in [9.17, 15) is 4.79 Å². The van der Waals surface area contributed by atoms with Crippen LogP contribution < -0.4 is 5.32 Å². The quantitative estimate of drug-likeness (QED) is 0.135. The van der Waals surface area contributed by atoms with Gasteiger partial charge in [-0.05, 0) is 44.4 Å². The van der Waals surface area contributed by atoms with Crippen molar-refractivity contribution in [3.8, 4) is 0 Å². The fourth-order valence-electron chi connectivity index (χ4n) is 8.48. The van der Waals surface area contributed by atoms with Gasteiger partial charge in [0, 0.05) is 5.92 Å². The first-order valence-corrected chi connectivity index (χ1v) is 22.0. The van der Waals surface area contributed by atoms with Gasteiger partial charge in [-0.15, -0.1) is 0 Å². The number of rotatable bonds is 17. The SMILES string of the molecule is CC(C)[Si](O[C@H](C(=O)N[C@@H]1C=C[C@H](O[Si](C(C)C)(C(C)C)C(C)C)[C@H]1COCc1ccccc1)c1ccccc1)(C(C)C)C(C)C. The highest BCUT2D eigenvalue weighted by molar-refractivity contribution is 6.78. The number of carbonyl (C=O) groups is 1. The molecule has 5 nitrogen and oxygen atoms in total. The third-order valence-electron chi connectivity index (χ3n) is 10.5. The second-order valence-corrected chi connectivity index (χ2v) is 26.0. The number of benzene rings is 2. The summed E-state index contributed by atoms with van der Waals surface area (Å²) in [5, 5.41) is 3.45. The van der Waals surface area contributed by atoms with Crippen molar-refractivity contribution in [2.45, 2.75) is 141 Å². The Hall–Kier alpha value is -2.04. The van der Waals surface area contributed by atoms with E-state index >= 15 is 0 Å². The Balaban J connectivity index is 1.95. The summed E-state index contributed by atoms with van der Waals surface area (Å²) in [4.78, 5) is 14.5. The minimum absolute atomic E-state index is 0.0468. The van der Waals surface area contributed by atoms with Crippen LogP contribution in [-0.2, 0) is 25.0 Å². The summed E-state index contributed by atoms with van der Waals surface area (Å²) in [6.07, 6.45) is 3.50. The van der Waals surface area contributed by atoms with Gasteiger partial charge in [-0.3, -0.25) is 4.79 Å². The Bertz CT molecular complexity index is 1190. The Morgan fingerprint density at radius 2 is 1.15 bits per heavy atom. The molecule has 2 aromatic carbocycles. The molecule has 0 saturated carbocycles. The van der Waals surface area contributed by atoms with E-state index < -0.39 is 22.7 Å². The number of nitrogens with one attached hydrogen (secondary N) is 1. The summed E-state index contributed by atoms with van der Waals surface area (Å²) in [5.41, 5.74) is 4.48. The van der Waals surface area contributed by atoms with Crippen LogP contribution in [0, 0.1) is 5.92 Å². The predicted octanol–water partition coefficient (Wildman–Crippen LogP) is 10.4. The molecule has 46 heavy (non-hydrogen) atoms. The van der Waals surface area contributed by atoms with E-state index in [0.29, 0.717) is 46.5 Å². The molecule has 1 N–H and O–H groups in total. The van der Waals surface area contributed by atoms with Crippen LogP contribution in [0.5, 0.6) is 0 Å². The van der Waals surface area contributed by atoms with Gasteiger partial charge < -0.3 is 18.9 Å². The summed E-state index contributed by atoms with van der Waals surface area (Å²) in [5.74, 6) is -0.136. The predicted molar refractivity (Wildman–Crippen MR) is 198 cm³/mol. The second-order valence-electron chi connectivity index (χ2n) is 15.2. The van der Waals surface area contributed by atoms with Gasteiger partial charge in [0.1, 0.15) is 6.10 Å². The standard InChI is InChI=1S/C39H63NO4Si2/c1-27(2)45(28(3)4,29(5)6)43-37-24-23-36(35(37)26-42-25-33-19-15-13-16-20-33)40-39(41)38(34-21-17-14-18-22-34)44-46(30(7)8,31(9)10)32(11)12/h13-24,27-32,35-38H,25-26H2,1-12H3,(H,40,41)/t35-,36+,37-,38-/m0/s1. The molecule has 0 spiro atoms. The molecule has 4 atom stereocenters. The Morgan fingerprint density at radius 1 is 0.674 bits per heavy atom. The zero-order valence-electron chi connectivity index (χ0n) is 30.7. The van der Waals surface area contributed by atoms with E-state index in [1.807, 2.05) is 48.5 Å². The van der Waals surface area contributed by atoms with Crippen molar-refractivity contribution in [1.82, 2.24) is 5.32 Å². The fourth-order valence-corrected chi connectivity index (χ4v) is 19.5. The lowest BCUT2D eigenvalue weighted by atomic mass is 10.0. The van der Waals surface area contributed by atoms with Gasteiger partial charge >= 0.3 is 0 Å². The summed E-state index contributed by atoms with van der Waals surface area (Å²) < 4.78 is 20.9. The van der Waals surface area contributed by atoms with E-state index in [2.05, 4.69) is 113 Å². The minimum atomic E-state index is -2.37. The van der Waals surface area contributed by atoms with Gasteiger partial charge in [-0.2, -0.15) is 0 Å². The summed E-state index contributed by atoms with van der Waals surface area (Å²) in [6.45, 7) is 28.5. The molecule has 0 bridgehead atoms. The zero-order chi connectivity index (χ0) is 34.2. The number of hydrogen-bond acceptors (Lipinski definition) is 4. The normalized spacial score (nSPS) is 19.7. The topological polar surface area (TPSA) is 56.8 Å². The highest BCUT2D eigenvalue weighted by atomic mass is 28.4. The molecule has 1 amide bonds. The van der Waals surface area contributed by atoms with Crippen molar-refractivity contribution in [3.05, 3.63) is 83.9 Å². The molecule has 3 rings (SSSR count). The third-order valence-corrected chi connectivity index (χ3v) is 22.7. The molecule has 256 valence electrons. The molecule has 0 fully saturated rings. The van der Waals surface area contributed by atoms with Crippen molar-refractivity contribution >= 4 is 22.5 Å². The first-order chi connectivity index (χ1) is 21.7. The van der Waals surface area contributed by atoms with Crippen LogP contribution in [0.1, 0.15) is 100 Å². The van der Waals surface area contributed by atoms with Crippen LogP contribution >= 0.6 is 0 Å². The average Bonchev–Trinajstić information content (AvgIpc) is 3.36. The van der Waals surface area contributed by atoms with E-state index in [1.54, 1.807) is 0 Å². The van der Waals surface area contributed by atoms with Crippen molar-refractivity contribution in [2.24, 2.45) is 5.92 Å². The van der Waals surface area contributed by atoms with Crippen LogP contribution in [0.25, 0.3) is 0 Å². The van der Waals surface area contributed by atoms with Crippen molar-refractivity contribution in [3.63, 3.8) is 0 Å². The second kappa shape index (κ2) is 16.9. The van der Waals surface area contributed by atoms with Gasteiger partial charge in [-0.25, -0.2) is 0 Å². The molecular weight excluding hydrogens is 603 g/mol. The Morgan fingerprint density at radius 3 is 1.63 bits per heavy atom.